The highest BCUT2D eigenvalue weighted by molar-refractivity contribution is 5.99. The smallest absolute Gasteiger partial charge is 0.255 e. The highest BCUT2D eigenvalue weighted by atomic mass is 16.7. The Kier molecular flexibility index (Phi) is 10.2. The van der Waals surface area contributed by atoms with Gasteiger partial charge in [-0.3, -0.25) is 14.4 Å². The summed E-state index contributed by atoms with van der Waals surface area (Å²) in [5, 5.41) is 29.0. The molecule has 268 valence electrons. The number of carbonyl (C=O) groups is 2. The fourth-order valence-electron chi connectivity index (χ4n) is 8.65. The fourth-order valence-corrected chi connectivity index (χ4v) is 8.65. The quantitative estimate of drug-likeness (QED) is 0.264. The highest BCUT2D eigenvalue weighted by Gasteiger charge is 2.57. The summed E-state index contributed by atoms with van der Waals surface area (Å²) >= 11 is 0. The van der Waals surface area contributed by atoms with Crippen LogP contribution < -0.4 is 24.8 Å². The van der Waals surface area contributed by atoms with E-state index in [1.807, 2.05) is 43.3 Å². The van der Waals surface area contributed by atoms with Crippen molar-refractivity contribution in [3.63, 3.8) is 0 Å². The van der Waals surface area contributed by atoms with Gasteiger partial charge < -0.3 is 40.0 Å². The molecule has 1 saturated heterocycles. The number of fused-ring (bicyclic) bond motifs is 3. The maximum atomic E-state index is 14.2. The summed E-state index contributed by atoms with van der Waals surface area (Å²) in [6.45, 7) is 9.49. The van der Waals surface area contributed by atoms with Gasteiger partial charge in [0.05, 0.1) is 31.9 Å². The number of ether oxygens (including phenoxy) is 3. The van der Waals surface area contributed by atoms with Crippen LogP contribution in [-0.2, 0) is 16.2 Å². The van der Waals surface area contributed by atoms with Gasteiger partial charge in [0.25, 0.3) is 5.91 Å². The molecule has 0 unspecified atom stereocenters. The van der Waals surface area contributed by atoms with Crippen LogP contribution in [0.25, 0.3) is 11.1 Å². The van der Waals surface area contributed by atoms with Crippen LogP contribution in [-0.4, -0.2) is 104 Å². The number of rotatable bonds is 12. The standard InChI is InChI=1S/C37H52N4O8/c1-20-27-15-24(37(27,3)4)16-28(20)39-36(45)32-31(21(2)43)30(18-42)49-41(32)17-22-9-8-10-25(33(22)46-7)23-13-26(34-29(14-23)47-19-48-34)35(44)38-11-12-40(5)6/h8-10,13-14,20-21,24,27-28,30-32,42-43H,11-12,15-19H2,1-7H3,(H,38,44)(H,39,45)/t20-,21-,24+,27+,28-,30-,31+,32-/m0/s1. The topological polar surface area (TPSA) is 142 Å². The van der Waals surface area contributed by atoms with Gasteiger partial charge in [-0.15, -0.1) is 0 Å². The largest absolute Gasteiger partial charge is 0.496 e. The first-order valence-corrected chi connectivity index (χ1v) is 17.4. The Morgan fingerprint density at radius 3 is 2.61 bits per heavy atom. The minimum Gasteiger partial charge on any atom is -0.496 e. The second-order valence-electron chi connectivity index (χ2n) is 15.0. The fraction of sp³-hybridized carbons (Fsp3) is 0.622. The number of nitrogens with zero attached hydrogens (tertiary/aromatic N) is 2. The lowest BCUT2D eigenvalue weighted by Gasteiger charge is -2.62. The monoisotopic (exact) mass is 680 g/mol. The summed E-state index contributed by atoms with van der Waals surface area (Å²) in [7, 11) is 5.46. The molecule has 8 atom stereocenters. The van der Waals surface area contributed by atoms with Crippen LogP contribution in [0.5, 0.6) is 17.2 Å². The van der Waals surface area contributed by atoms with Crippen LogP contribution in [0.3, 0.4) is 0 Å². The molecule has 0 radical (unpaired) electrons. The average Bonchev–Trinajstić information content (AvgIpc) is 3.69. The number of nitrogens with one attached hydrogen (secondary N) is 2. The Balaban J connectivity index is 1.28. The van der Waals surface area contributed by atoms with Crippen molar-refractivity contribution in [2.45, 2.75) is 71.4 Å². The SMILES string of the molecule is COc1c(CN2O[C@@H](CO)[C@@H]([C@H](C)O)[C@H]2C(=O)N[C@H]2C[C@H]3C[C@H]([C@@H]2C)C3(C)C)cccc1-c1cc2c(c(C(=O)NCCN(C)C)c1)OCO2. The first-order valence-electron chi connectivity index (χ1n) is 17.4. The van der Waals surface area contributed by atoms with Gasteiger partial charge in [-0.05, 0) is 74.7 Å². The Bertz CT molecular complexity index is 1550. The summed E-state index contributed by atoms with van der Waals surface area (Å²) in [5.41, 5.74) is 2.78. The summed E-state index contributed by atoms with van der Waals surface area (Å²) < 4.78 is 17.4. The molecule has 2 aromatic rings. The van der Waals surface area contributed by atoms with Gasteiger partial charge >= 0.3 is 0 Å². The van der Waals surface area contributed by atoms with E-state index in [0.29, 0.717) is 64.8 Å². The second-order valence-corrected chi connectivity index (χ2v) is 15.0. The van der Waals surface area contributed by atoms with E-state index in [9.17, 15) is 19.8 Å². The summed E-state index contributed by atoms with van der Waals surface area (Å²) in [6.07, 6.45) is 0.458. The third-order valence-corrected chi connectivity index (χ3v) is 11.6. The number of para-hydroxylation sites is 1. The van der Waals surface area contributed by atoms with Gasteiger partial charge in [0.1, 0.15) is 17.9 Å². The Hall–Kier alpha value is -3.42. The molecule has 5 aliphatic rings. The van der Waals surface area contributed by atoms with Crippen LogP contribution in [0.1, 0.15) is 56.5 Å². The number of hydrogen-bond donors (Lipinski definition) is 4. The summed E-state index contributed by atoms with van der Waals surface area (Å²) in [5.74, 6) is 1.72. The number of aliphatic hydroxyl groups excluding tert-OH is 2. The predicted octanol–water partition coefficient (Wildman–Crippen LogP) is 3.04. The zero-order valence-corrected chi connectivity index (χ0v) is 29.7. The lowest BCUT2D eigenvalue weighted by Crippen LogP contribution is -2.62. The van der Waals surface area contributed by atoms with E-state index >= 15 is 0 Å². The third kappa shape index (κ3) is 6.61. The van der Waals surface area contributed by atoms with Gasteiger partial charge in [-0.1, -0.05) is 39.0 Å². The number of aliphatic hydroxyl groups is 2. The first kappa shape index (κ1) is 35.4. The molecule has 12 nitrogen and oxygen atoms in total. The summed E-state index contributed by atoms with van der Waals surface area (Å²) in [4.78, 5) is 35.7. The number of hydrogen-bond acceptors (Lipinski definition) is 10. The Labute approximate surface area is 289 Å². The minimum absolute atomic E-state index is 0.0128. The van der Waals surface area contributed by atoms with Crippen LogP contribution >= 0.6 is 0 Å². The zero-order valence-electron chi connectivity index (χ0n) is 29.7. The molecule has 2 amide bonds. The number of benzene rings is 2. The Morgan fingerprint density at radius 2 is 1.96 bits per heavy atom. The van der Waals surface area contributed by atoms with Crippen molar-refractivity contribution in [1.29, 1.82) is 0 Å². The van der Waals surface area contributed by atoms with Gasteiger partial charge in [0.15, 0.2) is 11.5 Å². The molecule has 3 aliphatic carbocycles. The zero-order chi connectivity index (χ0) is 35.2. The van der Waals surface area contributed by atoms with Crippen molar-refractivity contribution in [1.82, 2.24) is 20.6 Å². The van der Waals surface area contributed by atoms with Crippen LogP contribution in [0.15, 0.2) is 30.3 Å². The predicted molar refractivity (Wildman–Crippen MR) is 183 cm³/mol. The van der Waals surface area contributed by atoms with E-state index in [4.69, 9.17) is 19.0 Å². The molecule has 0 spiro atoms. The second kappa shape index (κ2) is 14.1. The van der Waals surface area contributed by atoms with Crippen LogP contribution in [0, 0.1) is 29.1 Å². The van der Waals surface area contributed by atoms with Gasteiger partial charge in [-0.2, -0.15) is 5.06 Å². The van der Waals surface area contributed by atoms with Gasteiger partial charge in [0, 0.05) is 36.2 Å². The van der Waals surface area contributed by atoms with Crippen molar-refractivity contribution in [3.8, 4) is 28.4 Å². The van der Waals surface area contributed by atoms with Gasteiger partial charge in [-0.25, -0.2) is 0 Å². The minimum atomic E-state index is -0.904. The number of carbonyl (C=O) groups excluding carboxylic acids is 2. The molecule has 2 bridgehead atoms. The number of hydroxylamine groups is 2. The number of amides is 2. The Morgan fingerprint density at radius 1 is 1.18 bits per heavy atom. The van der Waals surface area contributed by atoms with Crippen LogP contribution in [0.4, 0.5) is 0 Å². The molecule has 2 aliphatic heterocycles. The van der Waals surface area contributed by atoms with Crippen molar-refractivity contribution in [3.05, 3.63) is 41.5 Å². The third-order valence-electron chi connectivity index (χ3n) is 11.6. The molecule has 3 saturated carbocycles. The highest BCUT2D eigenvalue weighted by Crippen LogP contribution is 2.61. The molecule has 2 heterocycles. The maximum Gasteiger partial charge on any atom is 0.255 e. The van der Waals surface area contributed by atoms with Crippen molar-refractivity contribution in [2.24, 2.45) is 29.1 Å². The molecule has 4 fully saturated rings. The molecule has 4 N–H and O–H groups in total. The molecule has 0 aromatic heterocycles. The normalized spacial score (nSPS) is 29.0. The molecule has 7 rings (SSSR count). The summed E-state index contributed by atoms with van der Waals surface area (Å²) in [6, 6.07) is 8.46. The van der Waals surface area contributed by atoms with E-state index < -0.39 is 24.2 Å². The van der Waals surface area contributed by atoms with Crippen molar-refractivity contribution in [2.75, 3.05) is 47.7 Å². The van der Waals surface area contributed by atoms with E-state index in [1.54, 1.807) is 25.2 Å². The van der Waals surface area contributed by atoms with Gasteiger partial charge in [0.2, 0.25) is 12.7 Å². The maximum absolute atomic E-state index is 14.2. The van der Waals surface area contributed by atoms with E-state index in [1.165, 1.54) is 6.42 Å². The molecule has 2 aromatic carbocycles. The molecule has 49 heavy (non-hydrogen) atoms. The number of likely N-dealkylation sites (N-methyl/N-ethyl adjacent to an activating group) is 1. The van der Waals surface area contributed by atoms with E-state index in [2.05, 4.69) is 31.4 Å². The van der Waals surface area contributed by atoms with E-state index in [0.717, 1.165) is 12.0 Å². The molecule has 12 heteroatoms. The lowest BCUT2D eigenvalue weighted by atomic mass is 9.45. The molecular formula is C37H52N4O8. The molecular weight excluding hydrogens is 628 g/mol. The first-order chi connectivity index (χ1) is 23.3. The average molecular weight is 681 g/mol. The van der Waals surface area contributed by atoms with E-state index in [-0.39, 0.29) is 43.2 Å². The number of methoxy groups -OCH3 is 1. The van der Waals surface area contributed by atoms with Crippen molar-refractivity contribution < 1.29 is 38.9 Å². The lowest BCUT2D eigenvalue weighted by molar-refractivity contribution is -0.183. The van der Waals surface area contributed by atoms with Crippen molar-refractivity contribution >= 4 is 11.8 Å². The van der Waals surface area contributed by atoms with Crippen LogP contribution in [0.2, 0.25) is 0 Å².